The minimum atomic E-state index is -0.711. The number of imidazole rings is 1. The lowest BCUT2D eigenvalue weighted by molar-refractivity contribution is -0.127. The van der Waals surface area contributed by atoms with Gasteiger partial charge in [-0.05, 0) is 37.1 Å². The molecule has 4 rings (SSSR count). The molecule has 1 aliphatic heterocycles. The standard InChI is InChI=1S/C25H29N3O3/c1-4-12-27-14-19(13-23(27)30)25-26-21-10-5-6-11-22(21)28(25)15-20(29)16-31-24-17(2)8-7-9-18(24)3/h4-11,19-20,29H,1,12-16H2,2-3H3/t19-,20-/m1/s1. The fourth-order valence-electron chi connectivity index (χ4n) is 4.34. The minimum Gasteiger partial charge on any atom is -0.490 e. The van der Waals surface area contributed by atoms with Crippen molar-refractivity contribution in [2.24, 2.45) is 0 Å². The van der Waals surface area contributed by atoms with Crippen molar-refractivity contribution in [3.05, 3.63) is 72.1 Å². The molecule has 0 aliphatic carbocycles. The zero-order chi connectivity index (χ0) is 22.0. The van der Waals surface area contributed by atoms with Crippen LogP contribution in [0.4, 0.5) is 0 Å². The van der Waals surface area contributed by atoms with Crippen LogP contribution < -0.4 is 4.74 Å². The smallest absolute Gasteiger partial charge is 0.223 e. The molecule has 2 atom stereocenters. The number of aliphatic hydroxyl groups excluding tert-OH is 1. The van der Waals surface area contributed by atoms with Crippen LogP contribution in [-0.4, -0.2) is 51.3 Å². The molecule has 1 amide bonds. The zero-order valence-electron chi connectivity index (χ0n) is 18.1. The number of likely N-dealkylation sites (tertiary alicyclic amines) is 1. The van der Waals surface area contributed by atoms with Gasteiger partial charge in [0.15, 0.2) is 0 Å². The Morgan fingerprint density at radius 2 is 1.97 bits per heavy atom. The van der Waals surface area contributed by atoms with Crippen molar-refractivity contribution in [1.82, 2.24) is 14.5 Å². The van der Waals surface area contributed by atoms with Gasteiger partial charge in [-0.3, -0.25) is 4.79 Å². The van der Waals surface area contributed by atoms with Crippen LogP contribution >= 0.6 is 0 Å². The van der Waals surface area contributed by atoms with Crippen molar-refractivity contribution < 1.29 is 14.6 Å². The van der Waals surface area contributed by atoms with Crippen LogP contribution in [0.25, 0.3) is 11.0 Å². The molecule has 0 saturated carbocycles. The van der Waals surface area contributed by atoms with Gasteiger partial charge in [0.1, 0.15) is 24.3 Å². The highest BCUT2D eigenvalue weighted by molar-refractivity contribution is 5.81. The molecular weight excluding hydrogens is 390 g/mol. The van der Waals surface area contributed by atoms with Crippen LogP contribution in [0.5, 0.6) is 5.75 Å². The molecule has 1 saturated heterocycles. The summed E-state index contributed by atoms with van der Waals surface area (Å²) in [5, 5.41) is 10.8. The summed E-state index contributed by atoms with van der Waals surface area (Å²) in [5.41, 5.74) is 3.92. The van der Waals surface area contributed by atoms with E-state index in [9.17, 15) is 9.90 Å². The second-order valence-corrected chi connectivity index (χ2v) is 8.24. The molecule has 6 nitrogen and oxygen atoms in total. The molecule has 2 aromatic carbocycles. The van der Waals surface area contributed by atoms with Crippen LogP contribution in [0.2, 0.25) is 0 Å². The van der Waals surface area contributed by atoms with E-state index in [-0.39, 0.29) is 18.4 Å². The van der Waals surface area contributed by atoms with E-state index in [2.05, 4.69) is 6.58 Å². The number of carbonyl (C=O) groups excluding carboxylic acids is 1. The van der Waals surface area contributed by atoms with Gasteiger partial charge in [0.05, 0.1) is 17.6 Å². The molecule has 2 heterocycles. The van der Waals surface area contributed by atoms with Gasteiger partial charge in [0, 0.05) is 25.4 Å². The zero-order valence-corrected chi connectivity index (χ0v) is 18.1. The highest BCUT2D eigenvalue weighted by Gasteiger charge is 2.33. The monoisotopic (exact) mass is 419 g/mol. The van der Waals surface area contributed by atoms with E-state index in [1.807, 2.05) is 65.8 Å². The van der Waals surface area contributed by atoms with Gasteiger partial charge in [-0.15, -0.1) is 6.58 Å². The van der Waals surface area contributed by atoms with Crippen LogP contribution in [-0.2, 0) is 11.3 Å². The van der Waals surface area contributed by atoms with Crippen molar-refractivity contribution in [1.29, 1.82) is 0 Å². The van der Waals surface area contributed by atoms with Gasteiger partial charge in [-0.25, -0.2) is 4.98 Å². The van der Waals surface area contributed by atoms with E-state index in [0.717, 1.165) is 33.7 Å². The average molecular weight is 420 g/mol. The maximum Gasteiger partial charge on any atom is 0.223 e. The maximum absolute atomic E-state index is 12.4. The molecular formula is C25H29N3O3. The predicted molar refractivity (Wildman–Crippen MR) is 121 cm³/mol. The molecule has 1 N–H and O–H groups in total. The third-order valence-electron chi connectivity index (χ3n) is 5.84. The molecule has 1 aromatic heterocycles. The number of rotatable bonds is 8. The van der Waals surface area contributed by atoms with Crippen LogP contribution in [0, 0.1) is 13.8 Å². The van der Waals surface area contributed by atoms with Crippen molar-refractivity contribution in [3.8, 4) is 5.75 Å². The average Bonchev–Trinajstić information content (AvgIpc) is 3.29. The maximum atomic E-state index is 12.4. The topological polar surface area (TPSA) is 67.6 Å². The SMILES string of the molecule is C=CCN1C[C@H](c2nc3ccccc3n2C[C@@H](O)COc2c(C)cccc2C)CC1=O. The number of ether oxygens (including phenoxy) is 1. The van der Waals surface area contributed by atoms with Crippen molar-refractivity contribution >= 4 is 16.9 Å². The Morgan fingerprint density at radius 3 is 2.71 bits per heavy atom. The lowest BCUT2D eigenvalue weighted by Gasteiger charge is -2.19. The molecule has 162 valence electrons. The Bertz CT molecular complexity index is 1080. The second kappa shape index (κ2) is 8.94. The number of aliphatic hydroxyl groups is 1. The van der Waals surface area contributed by atoms with E-state index < -0.39 is 6.10 Å². The van der Waals surface area contributed by atoms with E-state index in [1.54, 1.807) is 6.08 Å². The molecule has 3 aromatic rings. The van der Waals surface area contributed by atoms with Crippen molar-refractivity contribution in [3.63, 3.8) is 0 Å². The minimum absolute atomic E-state index is 0.00780. The van der Waals surface area contributed by atoms with E-state index in [1.165, 1.54) is 0 Å². The Balaban J connectivity index is 1.56. The number of para-hydroxylation sites is 3. The summed E-state index contributed by atoms with van der Waals surface area (Å²) in [7, 11) is 0. The summed E-state index contributed by atoms with van der Waals surface area (Å²) in [6.45, 7) is 9.44. The summed E-state index contributed by atoms with van der Waals surface area (Å²) in [5.74, 6) is 1.76. The molecule has 0 bridgehead atoms. The molecule has 31 heavy (non-hydrogen) atoms. The number of fused-ring (bicyclic) bond motifs is 1. The summed E-state index contributed by atoms with van der Waals surface area (Å²) in [4.78, 5) is 19.0. The third-order valence-corrected chi connectivity index (χ3v) is 5.84. The highest BCUT2D eigenvalue weighted by atomic mass is 16.5. The van der Waals surface area contributed by atoms with Gasteiger partial charge in [-0.1, -0.05) is 36.4 Å². The molecule has 0 unspecified atom stereocenters. The normalized spacial score (nSPS) is 17.3. The lowest BCUT2D eigenvalue weighted by atomic mass is 10.1. The van der Waals surface area contributed by atoms with Gasteiger partial charge in [0.2, 0.25) is 5.91 Å². The summed E-state index contributed by atoms with van der Waals surface area (Å²) < 4.78 is 8.01. The van der Waals surface area contributed by atoms with E-state index in [0.29, 0.717) is 26.1 Å². The number of benzene rings is 2. The summed E-state index contributed by atoms with van der Waals surface area (Å²) >= 11 is 0. The van der Waals surface area contributed by atoms with Crippen LogP contribution in [0.15, 0.2) is 55.1 Å². The predicted octanol–water partition coefficient (Wildman–Crippen LogP) is 3.59. The first-order valence-corrected chi connectivity index (χ1v) is 10.7. The second-order valence-electron chi connectivity index (χ2n) is 8.24. The Morgan fingerprint density at radius 1 is 1.23 bits per heavy atom. The number of amides is 1. The first-order chi connectivity index (χ1) is 15.0. The number of hydrogen-bond donors (Lipinski definition) is 1. The number of aromatic nitrogens is 2. The summed E-state index contributed by atoms with van der Waals surface area (Å²) in [6, 6.07) is 13.9. The number of carbonyl (C=O) groups is 1. The number of hydrogen-bond acceptors (Lipinski definition) is 4. The first kappa shape index (κ1) is 21.1. The largest absolute Gasteiger partial charge is 0.490 e. The van der Waals surface area contributed by atoms with E-state index >= 15 is 0 Å². The fourth-order valence-corrected chi connectivity index (χ4v) is 4.34. The van der Waals surface area contributed by atoms with E-state index in [4.69, 9.17) is 9.72 Å². The first-order valence-electron chi connectivity index (χ1n) is 10.7. The van der Waals surface area contributed by atoms with Gasteiger partial charge in [0.25, 0.3) is 0 Å². The molecule has 0 radical (unpaired) electrons. The van der Waals surface area contributed by atoms with Crippen molar-refractivity contribution in [2.45, 2.75) is 38.8 Å². The van der Waals surface area contributed by atoms with Crippen LogP contribution in [0.1, 0.15) is 29.3 Å². The summed E-state index contributed by atoms with van der Waals surface area (Å²) in [6.07, 6.45) is 1.46. The highest BCUT2D eigenvalue weighted by Crippen LogP contribution is 2.31. The number of nitrogens with zero attached hydrogens (tertiary/aromatic N) is 3. The van der Waals surface area contributed by atoms with Gasteiger partial charge >= 0.3 is 0 Å². The molecule has 6 heteroatoms. The Labute approximate surface area is 182 Å². The van der Waals surface area contributed by atoms with Crippen molar-refractivity contribution in [2.75, 3.05) is 19.7 Å². The molecule has 1 aliphatic rings. The van der Waals surface area contributed by atoms with Gasteiger partial charge < -0.3 is 19.3 Å². The molecule has 1 fully saturated rings. The fraction of sp³-hybridized carbons (Fsp3) is 0.360. The Kier molecular flexibility index (Phi) is 6.09. The molecule has 0 spiro atoms. The van der Waals surface area contributed by atoms with Gasteiger partial charge in [-0.2, -0.15) is 0 Å². The number of aryl methyl sites for hydroxylation is 2. The quantitative estimate of drug-likeness (QED) is 0.567. The Hall–Kier alpha value is -3.12. The van der Waals surface area contributed by atoms with Crippen LogP contribution in [0.3, 0.4) is 0 Å². The lowest BCUT2D eigenvalue weighted by Crippen LogP contribution is -2.27. The third kappa shape index (κ3) is 4.35.